The van der Waals surface area contributed by atoms with E-state index in [1.807, 2.05) is 55.0 Å². The van der Waals surface area contributed by atoms with Crippen LogP contribution in [0.15, 0.2) is 30.6 Å². The van der Waals surface area contributed by atoms with Crippen LogP contribution in [-0.2, 0) is 13.6 Å². The predicted molar refractivity (Wildman–Crippen MR) is 87.8 cm³/mol. The van der Waals surface area contributed by atoms with E-state index in [1.165, 1.54) is 0 Å². The zero-order chi connectivity index (χ0) is 16.4. The zero-order valence-corrected chi connectivity index (χ0v) is 13.9. The number of likely N-dealkylation sites (tertiary alicyclic amines) is 1. The Morgan fingerprint density at radius 2 is 2.22 bits per heavy atom. The quantitative estimate of drug-likeness (QED) is 0.864. The normalized spacial score (nSPS) is 17.9. The molecule has 0 bridgehead atoms. The molecule has 6 heteroatoms. The number of carbonyl (C=O) groups excluding carboxylic acids is 1. The Kier molecular flexibility index (Phi) is 4.43. The third-order valence-electron chi connectivity index (χ3n) is 4.18. The Labute approximate surface area is 136 Å². The second-order valence-electron chi connectivity index (χ2n) is 6.30. The lowest BCUT2D eigenvalue weighted by molar-refractivity contribution is 0.0720. The third-order valence-corrected chi connectivity index (χ3v) is 4.18. The Morgan fingerprint density at radius 1 is 1.39 bits per heavy atom. The van der Waals surface area contributed by atoms with E-state index < -0.39 is 0 Å². The Bertz CT molecular complexity index is 694. The molecule has 1 aliphatic heterocycles. The van der Waals surface area contributed by atoms with Gasteiger partial charge in [-0.2, -0.15) is 0 Å². The molecule has 23 heavy (non-hydrogen) atoms. The van der Waals surface area contributed by atoms with Crippen LogP contribution in [0.5, 0.6) is 0 Å². The number of carbonyl (C=O) groups is 1. The number of aromatic nitrogens is 3. The van der Waals surface area contributed by atoms with Crippen LogP contribution in [-0.4, -0.2) is 50.9 Å². The van der Waals surface area contributed by atoms with Gasteiger partial charge in [-0.1, -0.05) is 0 Å². The summed E-state index contributed by atoms with van der Waals surface area (Å²) in [6.07, 6.45) is 5.60. The van der Waals surface area contributed by atoms with E-state index in [-0.39, 0.29) is 11.9 Å². The molecule has 0 aliphatic carbocycles. The van der Waals surface area contributed by atoms with Gasteiger partial charge in [0.2, 0.25) is 0 Å². The van der Waals surface area contributed by atoms with Crippen molar-refractivity contribution >= 4 is 5.91 Å². The molecule has 0 radical (unpaired) electrons. The van der Waals surface area contributed by atoms with E-state index in [9.17, 15) is 4.79 Å². The molecule has 1 unspecified atom stereocenters. The fourth-order valence-corrected chi connectivity index (χ4v) is 3.09. The van der Waals surface area contributed by atoms with E-state index in [0.717, 1.165) is 37.4 Å². The van der Waals surface area contributed by atoms with Crippen molar-refractivity contribution in [2.75, 3.05) is 20.6 Å². The minimum Gasteiger partial charge on any atom is -0.347 e. The summed E-state index contributed by atoms with van der Waals surface area (Å²) in [6, 6.07) is 5.66. The van der Waals surface area contributed by atoms with Gasteiger partial charge in [0.15, 0.2) is 5.82 Å². The molecule has 1 atom stereocenters. The van der Waals surface area contributed by atoms with Crippen molar-refractivity contribution in [2.24, 2.45) is 7.05 Å². The Hall–Kier alpha value is -2.21. The number of hydrogen-bond donors (Lipinski definition) is 0. The lowest BCUT2D eigenvalue weighted by Gasteiger charge is -2.24. The molecule has 6 nitrogen and oxygen atoms in total. The summed E-state index contributed by atoms with van der Waals surface area (Å²) in [7, 11) is 5.93. The number of hydrogen-bond acceptors (Lipinski definition) is 4. The fraction of sp³-hybridized carbons (Fsp3) is 0.471. The summed E-state index contributed by atoms with van der Waals surface area (Å²) in [5.74, 6) is 0.811. The van der Waals surface area contributed by atoms with Crippen LogP contribution < -0.4 is 0 Å². The Morgan fingerprint density at radius 3 is 2.91 bits per heavy atom. The molecule has 0 N–H and O–H groups in total. The summed E-state index contributed by atoms with van der Waals surface area (Å²) < 4.78 is 1.86. The molecule has 0 aromatic carbocycles. The number of rotatable bonds is 4. The molecule has 1 aliphatic rings. The van der Waals surface area contributed by atoms with E-state index >= 15 is 0 Å². The first-order chi connectivity index (χ1) is 11.1. The van der Waals surface area contributed by atoms with Gasteiger partial charge in [0.25, 0.3) is 5.91 Å². The van der Waals surface area contributed by atoms with Gasteiger partial charge in [-0.25, -0.2) is 9.97 Å². The van der Waals surface area contributed by atoms with E-state index in [2.05, 4.69) is 14.9 Å². The van der Waals surface area contributed by atoms with Crippen LogP contribution in [0.2, 0.25) is 0 Å². The highest BCUT2D eigenvalue weighted by molar-refractivity contribution is 5.93. The van der Waals surface area contributed by atoms with Crippen molar-refractivity contribution in [3.8, 4) is 0 Å². The highest BCUT2D eigenvalue weighted by atomic mass is 16.2. The van der Waals surface area contributed by atoms with Gasteiger partial charge in [-0.15, -0.1) is 0 Å². The third kappa shape index (κ3) is 3.27. The molecular weight excluding hydrogens is 290 g/mol. The first-order valence-electron chi connectivity index (χ1n) is 7.95. The van der Waals surface area contributed by atoms with Crippen molar-refractivity contribution in [3.63, 3.8) is 0 Å². The average Bonchev–Trinajstić information content (AvgIpc) is 3.15. The van der Waals surface area contributed by atoms with Crippen LogP contribution >= 0.6 is 0 Å². The minimum absolute atomic E-state index is 0.0282. The molecule has 3 rings (SSSR count). The second-order valence-corrected chi connectivity index (χ2v) is 6.30. The minimum atomic E-state index is -0.0282. The van der Waals surface area contributed by atoms with Gasteiger partial charge in [0.1, 0.15) is 5.69 Å². The second kappa shape index (κ2) is 6.50. The molecule has 1 saturated heterocycles. The van der Waals surface area contributed by atoms with Gasteiger partial charge >= 0.3 is 0 Å². The molecular formula is C17H23N5O. The highest BCUT2D eigenvalue weighted by Gasteiger charge is 2.33. The van der Waals surface area contributed by atoms with Gasteiger partial charge in [0.05, 0.1) is 11.7 Å². The van der Waals surface area contributed by atoms with Gasteiger partial charge in [-0.3, -0.25) is 4.79 Å². The summed E-state index contributed by atoms with van der Waals surface area (Å²) in [5.41, 5.74) is 1.69. The lowest BCUT2D eigenvalue weighted by atomic mass is 10.2. The monoisotopic (exact) mass is 313 g/mol. The molecule has 1 amide bonds. The zero-order valence-electron chi connectivity index (χ0n) is 13.9. The van der Waals surface area contributed by atoms with E-state index in [4.69, 9.17) is 0 Å². The first-order valence-corrected chi connectivity index (χ1v) is 7.95. The number of nitrogens with zero attached hydrogens (tertiary/aromatic N) is 5. The molecule has 2 aromatic rings. The molecule has 0 saturated carbocycles. The Balaban J connectivity index is 1.84. The lowest BCUT2D eigenvalue weighted by Crippen LogP contribution is -2.32. The fourth-order valence-electron chi connectivity index (χ4n) is 3.09. The SMILES string of the molecule is CN(C)Cc1ccnc(C2CCCN2C(=O)c2cccn2C)n1. The van der Waals surface area contributed by atoms with Crippen molar-refractivity contribution in [1.29, 1.82) is 0 Å². The molecule has 0 spiro atoms. The van der Waals surface area contributed by atoms with Crippen molar-refractivity contribution in [1.82, 2.24) is 24.3 Å². The predicted octanol–water partition coefficient (Wildman–Crippen LogP) is 1.85. The van der Waals surface area contributed by atoms with Crippen molar-refractivity contribution in [2.45, 2.75) is 25.4 Å². The van der Waals surface area contributed by atoms with Crippen LogP contribution in [0.4, 0.5) is 0 Å². The molecule has 122 valence electrons. The van der Waals surface area contributed by atoms with Crippen LogP contribution in [0.25, 0.3) is 0 Å². The summed E-state index contributed by atoms with van der Waals surface area (Å²) in [5, 5.41) is 0. The first kappa shape index (κ1) is 15.7. The van der Waals surface area contributed by atoms with Crippen LogP contribution in [0.3, 0.4) is 0 Å². The standard InChI is InChI=1S/C17H23N5O/c1-20(2)12-13-8-9-18-16(19-13)14-6-5-11-22(14)17(23)15-7-4-10-21(15)3/h4,7-10,14H,5-6,11-12H2,1-3H3. The van der Waals surface area contributed by atoms with Gasteiger partial charge < -0.3 is 14.4 Å². The van der Waals surface area contributed by atoms with Crippen LogP contribution in [0.1, 0.15) is 40.9 Å². The summed E-state index contributed by atoms with van der Waals surface area (Å²) in [4.78, 5) is 25.9. The van der Waals surface area contributed by atoms with E-state index in [0.29, 0.717) is 5.69 Å². The molecule has 2 aromatic heterocycles. The highest BCUT2D eigenvalue weighted by Crippen LogP contribution is 2.31. The molecule has 3 heterocycles. The average molecular weight is 313 g/mol. The summed E-state index contributed by atoms with van der Waals surface area (Å²) in [6.45, 7) is 1.53. The smallest absolute Gasteiger partial charge is 0.271 e. The van der Waals surface area contributed by atoms with Crippen molar-refractivity contribution in [3.05, 3.63) is 47.8 Å². The maximum atomic E-state index is 12.8. The summed E-state index contributed by atoms with van der Waals surface area (Å²) >= 11 is 0. The van der Waals surface area contributed by atoms with Crippen LogP contribution in [0, 0.1) is 0 Å². The maximum Gasteiger partial charge on any atom is 0.271 e. The maximum absolute atomic E-state index is 12.8. The number of amides is 1. The molecule has 1 fully saturated rings. The largest absolute Gasteiger partial charge is 0.347 e. The number of aryl methyl sites for hydroxylation is 1. The topological polar surface area (TPSA) is 54.3 Å². The van der Waals surface area contributed by atoms with Crippen molar-refractivity contribution < 1.29 is 4.79 Å². The van der Waals surface area contributed by atoms with Gasteiger partial charge in [-0.05, 0) is 45.1 Å². The van der Waals surface area contributed by atoms with Gasteiger partial charge in [0, 0.05) is 32.5 Å². The van der Waals surface area contributed by atoms with E-state index in [1.54, 1.807) is 6.20 Å².